The van der Waals surface area contributed by atoms with E-state index in [0.717, 1.165) is 18.6 Å². The van der Waals surface area contributed by atoms with Crippen LogP contribution in [0.1, 0.15) is 19.3 Å². The maximum atomic E-state index is 8.96. The second-order valence-corrected chi connectivity index (χ2v) is 5.26. The first-order chi connectivity index (χ1) is 5.33. The third-order valence-corrected chi connectivity index (χ3v) is 4.17. The Morgan fingerprint density at radius 1 is 1.73 bits per heavy atom. The van der Waals surface area contributed by atoms with Crippen LogP contribution < -0.4 is 0 Å². The van der Waals surface area contributed by atoms with E-state index in [-0.39, 0.29) is 4.75 Å². The predicted octanol–water partition coefficient (Wildman–Crippen LogP) is 2.53. The van der Waals surface area contributed by atoms with Gasteiger partial charge < -0.3 is 0 Å². The Bertz CT molecular complexity index is 156. The quantitative estimate of drug-likeness (QED) is 0.678. The molecule has 1 unspecified atom stereocenters. The second-order valence-electron chi connectivity index (χ2n) is 2.80. The molecule has 0 bridgehead atoms. The summed E-state index contributed by atoms with van der Waals surface area (Å²) >= 11 is 3.69. The molecule has 0 radical (unpaired) electrons. The number of nitrogens with zero attached hydrogens (tertiary/aromatic N) is 1. The van der Waals surface area contributed by atoms with Gasteiger partial charge in [-0.25, -0.2) is 0 Å². The maximum Gasteiger partial charge on any atom is 0.103 e. The van der Waals surface area contributed by atoms with Crippen LogP contribution in [0.4, 0.5) is 0 Å². The van der Waals surface area contributed by atoms with E-state index in [9.17, 15) is 0 Å². The molecule has 62 valence electrons. The molecule has 11 heavy (non-hydrogen) atoms. The molecular weight excluding hydrogens is 174 g/mol. The highest BCUT2D eigenvalue weighted by molar-refractivity contribution is 8.01. The summed E-state index contributed by atoms with van der Waals surface area (Å²) in [6, 6.07) is 2.46. The molecule has 0 aromatic heterocycles. The van der Waals surface area contributed by atoms with E-state index in [1.54, 1.807) is 0 Å². The summed E-state index contributed by atoms with van der Waals surface area (Å²) in [6.45, 7) is 0. The van der Waals surface area contributed by atoms with E-state index in [0.29, 0.717) is 0 Å². The fourth-order valence-electron chi connectivity index (χ4n) is 1.31. The Labute approximate surface area is 76.9 Å². The lowest BCUT2D eigenvalue weighted by molar-refractivity contribution is 0.660. The lowest BCUT2D eigenvalue weighted by atomic mass is 10.0. The van der Waals surface area contributed by atoms with Crippen LogP contribution in [0, 0.1) is 11.3 Å². The third kappa shape index (κ3) is 2.31. The normalized spacial score (nSPS) is 30.2. The molecule has 1 heterocycles. The molecule has 0 aromatic rings. The highest BCUT2D eigenvalue weighted by atomic mass is 32.2. The summed E-state index contributed by atoms with van der Waals surface area (Å²) in [5.74, 6) is 2.31. The number of hydrogen-bond acceptors (Lipinski definition) is 3. The smallest absolute Gasteiger partial charge is 0.103 e. The largest absolute Gasteiger partial charge is 0.197 e. The van der Waals surface area contributed by atoms with Gasteiger partial charge in [0, 0.05) is 0 Å². The molecule has 1 nitrogen and oxygen atoms in total. The Balaban J connectivity index is 2.41. The molecule has 0 N–H and O–H groups in total. The second kappa shape index (κ2) is 4.27. The van der Waals surface area contributed by atoms with Gasteiger partial charge in [0.1, 0.15) is 4.75 Å². The zero-order valence-electron chi connectivity index (χ0n) is 6.80. The standard InChI is InChI=1S/C8H13NS2/c1-10-6-4-8(7-9)3-2-5-11-8/h2-6H2,1H3. The van der Waals surface area contributed by atoms with Crippen molar-refractivity contribution in [1.82, 2.24) is 0 Å². The van der Waals surface area contributed by atoms with Crippen LogP contribution in [0.25, 0.3) is 0 Å². The number of nitriles is 1. The van der Waals surface area contributed by atoms with Crippen molar-refractivity contribution in [3.05, 3.63) is 0 Å². The molecule has 1 rings (SSSR count). The van der Waals surface area contributed by atoms with E-state index in [4.69, 9.17) is 5.26 Å². The molecular formula is C8H13NS2. The van der Waals surface area contributed by atoms with Crippen molar-refractivity contribution in [2.75, 3.05) is 17.8 Å². The summed E-state index contributed by atoms with van der Waals surface area (Å²) < 4.78 is -0.0109. The van der Waals surface area contributed by atoms with Crippen LogP contribution in [-0.4, -0.2) is 22.5 Å². The summed E-state index contributed by atoms with van der Waals surface area (Å²) in [5.41, 5.74) is 0. The monoisotopic (exact) mass is 187 g/mol. The zero-order valence-corrected chi connectivity index (χ0v) is 8.43. The minimum Gasteiger partial charge on any atom is -0.197 e. The highest BCUT2D eigenvalue weighted by Gasteiger charge is 2.33. The van der Waals surface area contributed by atoms with Crippen LogP contribution in [0.15, 0.2) is 0 Å². The van der Waals surface area contributed by atoms with Crippen LogP contribution >= 0.6 is 23.5 Å². The zero-order chi connectivity index (χ0) is 8.16. The average molecular weight is 187 g/mol. The molecule has 1 fully saturated rings. The molecule has 0 saturated carbocycles. The van der Waals surface area contributed by atoms with Gasteiger partial charge in [0.25, 0.3) is 0 Å². The van der Waals surface area contributed by atoms with Crippen molar-refractivity contribution < 1.29 is 0 Å². The minimum absolute atomic E-state index is 0.0109. The van der Waals surface area contributed by atoms with Gasteiger partial charge in [-0.1, -0.05) is 0 Å². The molecule has 3 heteroatoms. The van der Waals surface area contributed by atoms with Crippen LogP contribution in [0.2, 0.25) is 0 Å². The third-order valence-electron chi connectivity index (χ3n) is 2.02. The Morgan fingerprint density at radius 3 is 3.00 bits per heavy atom. The van der Waals surface area contributed by atoms with Gasteiger partial charge in [0.15, 0.2) is 0 Å². The van der Waals surface area contributed by atoms with E-state index in [1.807, 2.05) is 23.5 Å². The number of hydrogen-bond donors (Lipinski definition) is 0. The Kier molecular flexibility index (Phi) is 3.61. The average Bonchev–Trinajstić information content (AvgIpc) is 2.50. The Morgan fingerprint density at radius 2 is 2.55 bits per heavy atom. The van der Waals surface area contributed by atoms with Crippen molar-refractivity contribution in [3.8, 4) is 6.07 Å². The lowest BCUT2D eigenvalue weighted by Gasteiger charge is -2.17. The van der Waals surface area contributed by atoms with Crippen molar-refractivity contribution in [2.24, 2.45) is 0 Å². The van der Waals surface area contributed by atoms with Crippen molar-refractivity contribution in [1.29, 1.82) is 5.26 Å². The number of thioether (sulfide) groups is 2. The molecule has 0 amide bonds. The topological polar surface area (TPSA) is 23.8 Å². The molecule has 0 aromatic carbocycles. The van der Waals surface area contributed by atoms with E-state index in [1.165, 1.54) is 12.2 Å². The molecule has 0 aliphatic carbocycles. The van der Waals surface area contributed by atoms with Gasteiger partial charge in [-0.2, -0.15) is 17.0 Å². The van der Waals surface area contributed by atoms with Crippen molar-refractivity contribution in [3.63, 3.8) is 0 Å². The van der Waals surface area contributed by atoms with Gasteiger partial charge in [-0.3, -0.25) is 0 Å². The summed E-state index contributed by atoms with van der Waals surface area (Å²) in [7, 11) is 0. The van der Waals surface area contributed by atoms with E-state index < -0.39 is 0 Å². The van der Waals surface area contributed by atoms with Gasteiger partial charge in [-0.15, -0.1) is 11.8 Å². The van der Waals surface area contributed by atoms with E-state index >= 15 is 0 Å². The Hall–Kier alpha value is 0.190. The van der Waals surface area contributed by atoms with Crippen molar-refractivity contribution >= 4 is 23.5 Å². The lowest BCUT2D eigenvalue weighted by Crippen LogP contribution is -2.18. The number of rotatable bonds is 3. The first-order valence-corrected chi connectivity index (χ1v) is 6.25. The fourth-order valence-corrected chi connectivity index (χ4v) is 3.27. The molecule has 1 aliphatic heterocycles. The molecule has 1 aliphatic rings. The summed E-state index contributed by atoms with van der Waals surface area (Å²) in [4.78, 5) is 0. The first kappa shape index (κ1) is 9.28. The minimum atomic E-state index is -0.0109. The predicted molar refractivity (Wildman–Crippen MR) is 53.0 cm³/mol. The van der Waals surface area contributed by atoms with Crippen LogP contribution in [-0.2, 0) is 0 Å². The van der Waals surface area contributed by atoms with Crippen molar-refractivity contribution in [2.45, 2.75) is 24.0 Å². The molecule has 1 saturated heterocycles. The first-order valence-electron chi connectivity index (χ1n) is 3.87. The van der Waals surface area contributed by atoms with E-state index in [2.05, 4.69) is 12.3 Å². The SMILES string of the molecule is CSCCC1(C#N)CCCS1. The van der Waals surface area contributed by atoms with Crippen LogP contribution in [0.3, 0.4) is 0 Å². The summed E-state index contributed by atoms with van der Waals surface area (Å²) in [5, 5.41) is 8.96. The van der Waals surface area contributed by atoms with Crippen LogP contribution in [0.5, 0.6) is 0 Å². The van der Waals surface area contributed by atoms with Gasteiger partial charge in [-0.05, 0) is 37.0 Å². The van der Waals surface area contributed by atoms with Gasteiger partial charge in [0.05, 0.1) is 6.07 Å². The van der Waals surface area contributed by atoms with Gasteiger partial charge >= 0.3 is 0 Å². The molecule has 0 spiro atoms. The maximum absolute atomic E-state index is 8.96. The highest BCUT2D eigenvalue weighted by Crippen LogP contribution is 2.40. The molecule has 1 atom stereocenters. The fraction of sp³-hybridized carbons (Fsp3) is 0.875. The van der Waals surface area contributed by atoms with Gasteiger partial charge in [0.2, 0.25) is 0 Å². The summed E-state index contributed by atoms with van der Waals surface area (Å²) in [6.07, 6.45) is 5.50.